The first-order chi connectivity index (χ1) is 17.6. The van der Waals surface area contributed by atoms with Crippen LogP contribution in [-0.2, 0) is 11.3 Å². The Hall–Kier alpha value is -2.92. The van der Waals surface area contributed by atoms with Crippen molar-refractivity contribution in [3.63, 3.8) is 0 Å². The SMILES string of the molecule is CN1CCC(CCn2c(=O)nc(N[C@@H](CC(C)(C)C)C(=O)NC3(C#N)CCCC3)c3ccccc32)CC1. The van der Waals surface area contributed by atoms with E-state index in [1.165, 1.54) is 0 Å². The second-order valence-electron chi connectivity index (χ2n) is 12.3. The summed E-state index contributed by atoms with van der Waals surface area (Å²) in [4.78, 5) is 33.5. The molecule has 2 aromatic rings. The van der Waals surface area contributed by atoms with Gasteiger partial charge in [0.1, 0.15) is 17.4 Å². The highest BCUT2D eigenvalue weighted by Crippen LogP contribution is 2.31. The van der Waals surface area contributed by atoms with Crippen LogP contribution < -0.4 is 16.3 Å². The van der Waals surface area contributed by atoms with E-state index in [4.69, 9.17) is 0 Å². The van der Waals surface area contributed by atoms with E-state index in [1.807, 2.05) is 24.3 Å². The van der Waals surface area contributed by atoms with Gasteiger partial charge >= 0.3 is 5.69 Å². The van der Waals surface area contributed by atoms with Gasteiger partial charge in [0.05, 0.1) is 11.6 Å². The van der Waals surface area contributed by atoms with Gasteiger partial charge in [-0.1, -0.05) is 32.9 Å². The summed E-state index contributed by atoms with van der Waals surface area (Å²) in [5.41, 5.74) is -0.420. The molecule has 2 aliphatic rings. The second-order valence-corrected chi connectivity index (χ2v) is 12.3. The van der Waals surface area contributed by atoms with Crippen molar-refractivity contribution in [2.45, 2.75) is 90.3 Å². The zero-order valence-corrected chi connectivity index (χ0v) is 22.8. The van der Waals surface area contributed by atoms with Gasteiger partial charge in [-0.15, -0.1) is 0 Å². The van der Waals surface area contributed by atoms with Crippen LogP contribution in [0.5, 0.6) is 0 Å². The zero-order chi connectivity index (χ0) is 26.6. The summed E-state index contributed by atoms with van der Waals surface area (Å²) < 4.78 is 1.78. The zero-order valence-electron chi connectivity index (χ0n) is 22.8. The molecular formula is C29H42N6O2. The molecule has 0 unspecified atom stereocenters. The molecule has 1 aliphatic heterocycles. The Kier molecular flexibility index (Phi) is 8.23. The van der Waals surface area contributed by atoms with E-state index in [1.54, 1.807) is 4.57 Å². The molecule has 1 amide bonds. The van der Waals surface area contributed by atoms with Crippen LogP contribution in [0.2, 0.25) is 0 Å². The quantitative estimate of drug-likeness (QED) is 0.553. The van der Waals surface area contributed by atoms with Crippen molar-refractivity contribution in [1.82, 2.24) is 19.8 Å². The number of carbonyl (C=O) groups is 1. The number of hydrogen-bond acceptors (Lipinski definition) is 6. The van der Waals surface area contributed by atoms with Crippen LogP contribution in [-0.4, -0.2) is 52.1 Å². The van der Waals surface area contributed by atoms with Crippen molar-refractivity contribution in [3.8, 4) is 6.07 Å². The van der Waals surface area contributed by atoms with Gasteiger partial charge in [0.25, 0.3) is 0 Å². The van der Waals surface area contributed by atoms with Crippen LogP contribution in [0.25, 0.3) is 10.9 Å². The van der Waals surface area contributed by atoms with Crippen LogP contribution in [0.1, 0.15) is 72.1 Å². The maximum absolute atomic E-state index is 13.5. The number of nitriles is 1. The Morgan fingerprint density at radius 1 is 1.22 bits per heavy atom. The number of piperidine rings is 1. The summed E-state index contributed by atoms with van der Waals surface area (Å²) in [6, 6.07) is 9.52. The van der Waals surface area contributed by atoms with Gasteiger partial charge in [-0.2, -0.15) is 10.2 Å². The van der Waals surface area contributed by atoms with Crippen LogP contribution in [0.15, 0.2) is 29.1 Å². The first-order valence-corrected chi connectivity index (χ1v) is 13.8. The summed E-state index contributed by atoms with van der Waals surface area (Å²) in [5.74, 6) is 0.830. The minimum atomic E-state index is -0.804. The lowest BCUT2D eigenvalue weighted by Gasteiger charge is -2.30. The maximum Gasteiger partial charge on any atom is 0.350 e. The Morgan fingerprint density at radius 2 is 1.89 bits per heavy atom. The number of rotatable bonds is 8. The van der Waals surface area contributed by atoms with Crippen molar-refractivity contribution in [1.29, 1.82) is 5.26 Å². The van der Waals surface area contributed by atoms with E-state index in [-0.39, 0.29) is 17.0 Å². The Balaban J connectivity index is 1.59. The fourth-order valence-corrected chi connectivity index (χ4v) is 5.77. The average Bonchev–Trinajstić information content (AvgIpc) is 3.32. The number of nitrogens with zero attached hydrogens (tertiary/aromatic N) is 4. The molecule has 1 atom stereocenters. The highest BCUT2D eigenvalue weighted by atomic mass is 16.2. The lowest BCUT2D eigenvalue weighted by atomic mass is 9.87. The molecule has 0 bridgehead atoms. The molecule has 1 saturated carbocycles. The Bertz CT molecular complexity index is 1190. The molecule has 37 heavy (non-hydrogen) atoms. The van der Waals surface area contributed by atoms with Gasteiger partial charge in [-0.3, -0.25) is 9.36 Å². The van der Waals surface area contributed by atoms with Crippen molar-refractivity contribution in [2.75, 3.05) is 25.5 Å². The average molecular weight is 507 g/mol. The third-order valence-corrected chi connectivity index (χ3v) is 7.96. The smallest absolute Gasteiger partial charge is 0.350 e. The molecule has 2 heterocycles. The third kappa shape index (κ3) is 6.70. The largest absolute Gasteiger partial charge is 0.358 e. The van der Waals surface area contributed by atoms with E-state index in [0.29, 0.717) is 37.5 Å². The number of aryl methyl sites for hydroxylation is 1. The number of nitrogens with one attached hydrogen (secondary N) is 2. The fourth-order valence-electron chi connectivity index (χ4n) is 5.77. The van der Waals surface area contributed by atoms with Crippen LogP contribution in [0.3, 0.4) is 0 Å². The summed E-state index contributed by atoms with van der Waals surface area (Å²) in [5, 5.41) is 17.0. The van der Waals surface area contributed by atoms with Crippen molar-refractivity contribution >= 4 is 22.6 Å². The first kappa shape index (κ1) is 27.1. The number of aromatic nitrogens is 2. The van der Waals surface area contributed by atoms with Gasteiger partial charge in [0.15, 0.2) is 0 Å². The van der Waals surface area contributed by atoms with Gasteiger partial charge < -0.3 is 15.5 Å². The van der Waals surface area contributed by atoms with Gasteiger partial charge in [-0.05, 0) is 95.0 Å². The molecule has 2 fully saturated rings. The number of hydrogen-bond donors (Lipinski definition) is 2. The predicted octanol–water partition coefficient (Wildman–Crippen LogP) is 4.30. The highest BCUT2D eigenvalue weighted by Gasteiger charge is 2.38. The molecule has 8 heteroatoms. The van der Waals surface area contributed by atoms with Crippen LogP contribution >= 0.6 is 0 Å². The minimum Gasteiger partial charge on any atom is -0.358 e. The van der Waals surface area contributed by atoms with E-state index in [2.05, 4.69) is 54.4 Å². The number of likely N-dealkylation sites (tertiary alicyclic amines) is 1. The summed E-state index contributed by atoms with van der Waals surface area (Å²) >= 11 is 0. The predicted molar refractivity (Wildman–Crippen MR) is 147 cm³/mol. The maximum atomic E-state index is 13.5. The standard InChI is InChI=1S/C29H42N6O2/c1-28(2,3)19-23(26(36)33-29(20-30)14-7-8-15-29)31-25-22-9-5-6-10-24(22)35(27(37)32-25)18-13-21-11-16-34(4)17-12-21/h5-6,9-10,21,23H,7-8,11-19H2,1-4H3,(H,33,36)(H,31,32,37)/t23-/m0/s1. The van der Waals surface area contributed by atoms with Gasteiger partial charge in [0.2, 0.25) is 5.91 Å². The monoisotopic (exact) mass is 506 g/mol. The number of para-hydroxylation sites is 1. The molecule has 4 rings (SSSR count). The third-order valence-electron chi connectivity index (χ3n) is 7.96. The molecule has 200 valence electrons. The number of anilines is 1. The number of benzene rings is 1. The molecule has 1 saturated heterocycles. The molecule has 1 aromatic carbocycles. The molecule has 8 nitrogen and oxygen atoms in total. The van der Waals surface area contributed by atoms with Crippen LogP contribution in [0.4, 0.5) is 5.82 Å². The Morgan fingerprint density at radius 3 is 2.54 bits per heavy atom. The minimum absolute atomic E-state index is 0.149. The van der Waals surface area contributed by atoms with E-state index >= 15 is 0 Å². The van der Waals surface area contributed by atoms with Crippen LogP contribution in [0, 0.1) is 22.7 Å². The van der Waals surface area contributed by atoms with Gasteiger partial charge in [0, 0.05) is 11.9 Å². The molecular weight excluding hydrogens is 464 g/mol. The number of amides is 1. The molecule has 0 radical (unpaired) electrons. The lowest BCUT2D eigenvalue weighted by Crippen LogP contribution is -2.52. The molecule has 1 aromatic heterocycles. The molecule has 1 aliphatic carbocycles. The second kappa shape index (κ2) is 11.2. The molecule has 2 N–H and O–H groups in total. The summed E-state index contributed by atoms with van der Waals surface area (Å²) in [6.45, 7) is 9.08. The van der Waals surface area contributed by atoms with Crippen molar-refractivity contribution in [3.05, 3.63) is 34.7 Å². The first-order valence-electron chi connectivity index (χ1n) is 13.8. The van der Waals surface area contributed by atoms with Crippen molar-refractivity contribution < 1.29 is 4.79 Å². The number of carbonyl (C=O) groups excluding carboxylic acids is 1. The lowest BCUT2D eigenvalue weighted by molar-refractivity contribution is -0.123. The van der Waals surface area contributed by atoms with E-state index < -0.39 is 11.6 Å². The molecule has 0 spiro atoms. The van der Waals surface area contributed by atoms with Crippen molar-refractivity contribution in [2.24, 2.45) is 11.3 Å². The van der Waals surface area contributed by atoms with E-state index in [9.17, 15) is 14.9 Å². The summed E-state index contributed by atoms with van der Waals surface area (Å²) in [6.07, 6.45) is 7.03. The topological polar surface area (TPSA) is 103 Å². The summed E-state index contributed by atoms with van der Waals surface area (Å²) in [7, 11) is 2.16. The van der Waals surface area contributed by atoms with Gasteiger partial charge in [-0.25, -0.2) is 4.79 Å². The fraction of sp³-hybridized carbons (Fsp3) is 0.655. The normalized spacial score (nSPS) is 19.4. The van der Waals surface area contributed by atoms with E-state index in [0.717, 1.165) is 56.1 Å². The number of fused-ring (bicyclic) bond motifs is 1. The Labute approximate surface area is 220 Å². The highest BCUT2D eigenvalue weighted by molar-refractivity contribution is 5.92.